The van der Waals surface area contributed by atoms with Crippen molar-refractivity contribution in [2.75, 3.05) is 5.32 Å². The summed E-state index contributed by atoms with van der Waals surface area (Å²) in [5.74, 6) is -1.06. The van der Waals surface area contributed by atoms with Crippen molar-refractivity contribution in [1.82, 2.24) is 14.8 Å². The molecule has 1 aliphatic carbocycles. The average molecular weight is 435 g/mol. The SMILES string of the molecule is O=C1CC(c2ccco2)CC2=C1C(c1ccc(Cl)cc1)n1nc(C(F)(F)F)nc1N2. The fraction of sp³-hybridized carbons (Fsp3) is 0.250. The van der Waals surface area contributed by atoms with E-state index in [2.05, 4.69) is 15.4 Å². The Balaban J connectivity index is 1.64. The van der Waals surface area contributed by atoms with Crippen molar-refractivity contribution in [3.05, 3.63) is 76.1 Å². The van der Waals surface area contributed by atoms with Gasteiger partial charge in [0.1, 0.15) is 11.8 Å². The van der Waals surface area contributed by atoms with Gasteiger partial charge in [0, 0.05) is 28.6 Å². The van der Waals surface area contributed by atoms with Crippen molar-refractivity contribution < 1.29 is 22.4 Å². The second-order valence-electron chi connectivity index (χ2n) is 7.22. The van der Waals surface area contributed by atoms with Crippen molar-refractivity contribution in [3.8, 4) is 0 Å². The normalized spacial score (nSPS) is 21.3. The number of anilines is 1. The van der Waals surface area contributed by atoms with Gasteiger partial charge in [-0.3, -0.25) is 4.79 Å². The minimum absolute atomic E-state index is 0.0612. The van der Waals surface area contributed by atoms with E-state index in [1.165, 1.54) is 6.26 Å². The molecule has 3 heterocycles. The first kappa shape index (κ1) is 18.9. The molecule has 0 fully saturated rings. The van der Waals surface area contributed by atoms with Gasteiger partial charge in [-0.2, -0.15) is 18.2 Å². The number of fused-ring (bicyclic) bond motifs is 1. The van der Waals surface area contributed by atoms with E-state index in [0.29, 0.717) is 34.0 Å². The number of furan rings is 1. The second-order valence-corrected chi connectivity index (χ2v) is 7.65. The van der Waals surface area contributed by atoms with Crippen LogP contribution in [0.3, 0.4) is 0 Å². The number of hydrogen-bond donors (Lipinski definition) is 1. The monoisotopic (exact) mass is 434 g/mol. The molecule has 2 unspecified atom stereocenters. The average Bonchev–Trinajstić information content (AvgIpc) is 3.36. The Bertz CT molecular complexity index is 1150. The Kier molecular flexibility index (Phi) is 4.25. The third-order valence-corrected chi connectivity index (χ3v) is 5.56. The molecule has 30 heavy (non-hydrogen) atoms. The molecular formula is C20H14ClF3N4O2. The van der Waals surface area contributed by atoms with Crippen LogP contribution in [0.2, 0.25) is 5.02 Å². The maximum Gasteiger partial charge on any atom is 0.453 e. The molecule has 6 nitrogen and oxygen atoms in total. The van der Waals surface area contributed by atoms with E-state index in [1.54, 1.807) is 36.4 Å². The number of aromatic nitrogens is 3. The Morgan fingerprint density at radius 3 is 2.60 bits per heavy atom. The zero-order valence-electron chi connectivity index (χ0n) is 15.3. The number of nitrogens with one attached hydrogen (secondary N) is 1. The number of hydrogen-bond acceptors (Lipinski definition) is 5. The summed E-state index contributed by atoms with van der Waals surface area (Å²) in [6.07, 6.45) is -2.58. The highest BCUT2D eigenvalue weighted by Gasteiger charge is 2.43. The standard InChI is InChI=1S/C20H14ClF3N4O2/c21-12-5-3-10(4-6-12)17-16-13(8-11(9-14(16)29)15-2-1-7-30-15)25-19-26-18(20(22,23)24)27-28(17)19/h1-7,11,17H,8-9H2,(H,25,26,27). The van der Waals surface area contributed by atoms with Crippen LogP contribution < -0.4 is 5.32 Å². The molecule has 1 N–H and O–H groups in total. The minimum Gasteiger partial charge on any atom is -0.469 e. The summed E-state index contributed by atoms with van der Waals surface area (Å²) in [5.41, 5.74) is 1.51. The molecular weight excluding hydrogens is 421 g/mol. The van der Waals surface area contributed by atoms with Crippen LogP contribution in [-0.2, 0) is 11.0 Å². The van der Waals surface area contributed by atoms with Crippen LogP contribution in [0.15, 0.2) is 58.3 Å². The van der Waals surface area contributed by atoms with E-state index in [-0.39, 0.29) is 24.1 Å². The highest BCUT2D eigenvalue weighted by Crippen LogP contribution is 2.44. The van der Waals surface area contributed by atoms with Gasteiger partial charge in [0.05, 0.1) is 6.26 Å². The molecule has 1 aromatic carbocycles. The lowest BCUT2D eigenvalue weighted by Gasteiger charge is -2.34. The number of Topliss-reactive ketones (excluding diaryl/α,β-unsaturated/α-hetero) is 1. The summed E-state index contributed by atoms with van der Waals surface area (Å²) in [4.78, 5) is 16.8. The predicted octanol–water partition coefficient (Wildman–Crippen LogP) is 4.96. The van der Waals surface area contributed by atoms with Crippen LogP contribution in [0.5, 0.6) is 0 Å². The van der Waals surface area contributed by atoms with Crippen molar-refractivity contribution >= 4 is 23.3 Å². The van der Waals surface area contributed by atoms with Crippen LogP contribution in [0, 0.1) is 0 Å². The Morgan fingerprint density at radius 2 is 1.93 bits per heavy atom. The van der Waals surface area contributed by atoms with Gasteiger partial charge in [-0.1, -0.05) is 23.7 Å². The fourth-order valence-electron chi connectivity index (χ4n) is 4.01. The predicted molar refractivity (Wildman–Crippen MR) is 101 cm³/mol. The third kappa shape index (κ3) is 3.09. The van der Waals surface area contributed by atoms with E-state index in [0.717, 1.165) is 4.68 Å². The third-order valence-electron chi connectivity index (χ3n) is 5.30. The number of alkyl halides is 3. The summed E-state index contributed by atoms with van der Waals surface area (Å²) >= 11 is 5.97. The maximum absolute atomic E-state index is 13.3. The van der Waals surface area contributed by atoms with Crippen molar-refractivity contribution in [1.29, 1.82) is 0 Å². The van der Waals surface area contributed by atoms with E-state index in [4.69, 9.17) is 16.0 Å². The molecule has 0 spiro atoms. The topological polar surface area (TPSA) is 73.0 Å². The van der Waals surface area contributed by atoms with Crippen LogP contribution in [0.4, 0.5) is 19.1 Å². The molecule has 0 amide bonds. The molecule has 0 radical (unpaired) electrons. The molecule has 1 aliphatic heterocycles. The van der Waals surface area contributed by atoms with E-state index >= 15 is 0 Å². The summed E-state index contributed by atoms with van der Waals surface area (Å²) < 4.78 is 46.4. The molecule has 2 atom stereocenters. The molecule has 5 rings (SSSR count). The largest absolute Gasteiger partial charge is 0.469 e. The van der Waals surface area contributed by atoms with Crippen LogP contribution in [-0.4, -0.2) is 20.5 Å². The number of benzene rings is 1. The zero-order valence-corrected chi connectivity index (χ0v) is 16.0. The molecule has 3 aromatic rings. The van der Waals surface area contributed by atoms with Crippen LogP contribution in [0.1, 0.15) is 41.9 Å². The summed E-state index contributed by atoms with van der Waals surface area (Å²) in [7, 11) is 0. The van der Waals surface area contributed by atoms with E-state index < -0.39 is 18.0 Å². The molecule has 0 saturated carbocycles. The van der Waals surface area contributed by atoms with E-state index in [9.17, 15) is 18.0 Å². The lowest BCUT2D eigenvalue weighted by atomic mass is 9.79. The van der Waals surface area contributed by atoms with Gasteiger partial charge < -0.3 is 9.73 Å². The minimum atomic E-state index is -4.71. The molecule has 0 bridgehead atoms. The van der Waals surface area contributed by atoms with Crippen LogP contribution >= 0.6 is 11.6 Å². The van der Waals surface area contributed by atoms with Gasteiger partial charge in [0.15, 0.2) is 5.78 Å². The first-order valence-electron chi connectivity index (χ1n) is 9.17. The smallest absolute Gasteiger partial charge is 0.453 e. The number of rotatable bonds is 2. The highest BCUT2D eigenvalue weighted by molar-refractivity contribution is 6.30. The van der Waals surface area contributed by atoms with Gasteiger partial charge in [-0.05, 0) is 36.2 Å². The number of carbonyl (C=O) groups excluding carboxylic acids is 1. The van der Waals surface area contributed by atoms with Gasteiger partial charge in [0.25, 0.3) is 5.82 Å². The fourth-order valence-corrected chi connectivity index (χ4v) is 4.14. The molecule has 0 saturated heterocycles. The number of ketones is 1. The lowest BCUT2D eigenvalue weighted by Crippen LogP contribution is -2.33. The van der Waals surface area contributed by atoms with Crippen molar-refractivity contribution in [2.24, 2.45) is 0 Å². The van der Waals surface area contributed by atoms with Gasteiger partial charge in [-0.25, -0.2) is 4.68 Å². The summed E-state index contributed by atoms with van der Waals surface area (Å²) in [6.45, 7) is 0. The Labute approximate surface area is 173 Å². The Morgan fingerprint density at radius 1 is 1.17 bits per heavy atom. The molecule has 2 aromatic heterocycles. The van der Waals surface area contributed by atoms with Crippen LogP contribution in [0.25, 0.3) is 0 Å². The number of nitrogens with zero attached hydrogens (tertiary/aromatic N) is 3. The highest BCUT2D eigenvalue weighted by atomic mass is 35.5. The van der Waals surface area contributed by atoms with E-state index in [1.807, 2.05) is 0 Å². The van der Waals surface area contributed by atoms with Crippen molar-refractivity contribution in [2.45, 2.75) is 31.0 Å². The number of allylic oxidation sites excluding steroid dienone is 2. The quantitative estimate of drug-likeness (QED) is 0.617. The first-order valence-corrected chi connectivity index (χ1v) is 9.55. The Hall–Kier alpha value is -3.07. The molecule has 10 heteroatoms. The zero-order chi connectivity index (χ0) is 21.0. The van der Waals surface area contributed by atoms with Gasteiger partial charge in [0.2, 0.25) is 5.95 Å². The van der Waals surface area contributed by atoms with Gasteiger partial charge in [-0.15, -0.1) is 5.10 Å². The molecule has 154 valence electrons. The van der Waals surface area contributed by atoms with Gasteiger partial charge >= 0.3 is 6.18 Å². The summed E-state index contributed by atoms with van der Waals surface area (Å²) in [5, 5.41) is 7.06. The van der Waals surface area contributed by atoms with Crippen molar-refractivity contribution in [3.63, 3.8) is 0 Å². The molecule has 2 aliphatic rings. The second kappa shape index (κ2) is 6.73. The lowest BCUT2D eigenvalue weighted by molar-refractivity contribution is -0.145. The summed E-state index contributed by atoms with van der Waals surface area (Å²) in [6, 6.07) is 9.29. The number of carbonyl (C=O) groups is 1. The number of halogens is 4. The first-order chi connectivity index (χ1) is 14.3. The maximum atomic E-state index is 13.3.